The third kappa shape index (κ3) is 2.67. The van der Waals surface area contributed by atoms with E-state index in [1.807, 2.05) is 6.92 Å². The average molecular weight is 320 g/mol. The van der Waals surface area contributed by atoms with E-state index in [9.17, 15) is 8.78 Å². The predicted molar refractivity (Wildman–Crippen MR) is 71.2 cm³/mol. The summed E-state index contributed by atoms with van der Waals surface area (Å²) in [4.78, 5) is 1.78. The molecule has 0 saturated carbocycles. The summed E-state index contributed by atoms with van der Waals surface area (Å²) in [5, 5.41) is 0.446. The second-order valence-corrected chi connectivity index (χ2v) is 4.93. The molecule has 1 saturated heterocycles. The van der Waals surface area contributed by atoms with E-state index < -0.39 is 11.6 Å². The highest BCUT2D eigenvalue weighted by atomic mass is 79.9. The van der Waals surface area contributed by atoms with Crippen molar-refractivity contribution in [1.29, 1.82) is 0 Å². The van der Waals surface area contributed by atoms with Crippen molar-refractivity contribution in [2.45, 2.75) is 24.7 Å². The molecular weight excluding hydrogens is 304 g/mol. The van der Waals surface area contributed by atoms with Gasteiger partial charge in [0, 0.05) is 11.9 Å². The normalized spacial score (nSPS) is 20.2. The number of ether oxygens (including phenoxy) is 1. The van der Waals surface area contributed by atoms with E-state index in [2.05, 4.69) is 15.9 Å². The Hall–Kier alpha value is -0.680. The van der Waals surface area contributed by atoms with Crippen LogP contribution in [0, 0.1) is 11.6 Å². The summed E-state index contributed by atoms with van der Waals surface area (Å²) in [6.45, 7) is 3.56. The fourth-order valence-electron chi connectivity index (χ4n) is 2.26. The van der Waals surface area contributed by atoms with Crippen molar-refractivity contribution >= 4 is 21.6 Å². The number of nitrogens with zero attached hydrogens (tertiary/aromatic N) is 1. The Bertz CT molecular complexity index is 404. The van der Waals surface area contributed by atoms with E-state index in [-0.39, 0.29) is 11.7 Å². The summed E-state index contributed by atoms with van der Waals surface area (Å²) in [5.41, 5.74) is 0.685. The van der Waals surface area contributed by atoms with Gasteiger partial charge in [0.1, 0.15) is 17.3 Å². The number of halogens is 3. The van der Waals surface area contributed by atoms with Gasteiger partial charge in [0.25, 0.3) is 0 Å². The molecule has 1 aromatic carbocycles. The van der Waals surface area contributed by atoms with Gasteiger partial charge in [-0.2, -0.15) is 0 Å². The first-order chi connectivity index (χ1) is 8.67. The number of hydrogen-bond donors (Lipinski definition) is 0. The van der Waals surface area contributed by atoms with Crippen molar-refractivity contribution in [3.63, 3.8) is 0 Å². The van der Waals surface area contributed by atoms with Gasteiger partial charge in [-0.25, -0.2) is 8.78 Å². The van der Waals surface area contributed by atoms with E-state index >= 15 is 0 Å². The second kappa shape index (κ2) is 5.97. The zero-order chi connectivity index (χ0) is 13.1. The van der Waals surface area contributed by atoms with Crippen LogP contribution >= 0.6 is 15.9 Å². The highest BCUT2D eigenvalue weighted by Crippen LogP contribution is 2.29. The minimum atomic E-state index is -0.496. The molecule has 2 nitrogen and oxygen atoms in total. The van der Waals surface area contributed by atoms with Crippen LogP contribution in [0.25, 0.3) is 0 Å². The Morgan fingerprint density at radius 3 is 2.61 bits per heavy atom. The van der Waals surface area contributed by atoms with Gasteiger partial charge in [-0.1, -0.05) is 22.9 Å². The first-order valence-corrected chi connectivity index (χ1v) is 7.17. The number of rotatable bonds is 3. The number of hydrogen-bond acceptors (Lipinski definition) is 2. The standard InChI is InChI=1S/C13H16BrF2NO/c1-2-10-8-18-4-3-17(10)13-11(15)5-9(7-14)6-12(13)16/h5-6,10H,2-4,7-8H2,1H3. The molecule has 1 heterocycles. The molecule has 0 bridgehead atoms. The van der Waals surface area contributed by atoms with Gasteiger partial charge in [0.05, 0.1) is 19.3 Å². The van der Waals surface area contributed by atoms with E-state index in [0.717, 1.165) is 6.42 Å². The quantitative estimate of drug-likeness (QED) is 0.791. The van der Waals surface area contributed by atoms with Gasteiger partial charge in [0.2, 0.25) is 0 Å². The summed E-state index contributed by atoms with van der Waals surface area (Å²) in [7, 11) is 0. The van der Waals surface area contributed by atoms with Gasteiger partial charge in [-0.05, 0) is 24.1 Å². The maximum absolute atomic E-state index is 14.0. The Morgan fingerprint density at radius 2 is 2.06 bits per heavy atom. The Morgan fingerprint density at radius 1 is 1.39 bits per heavy atom. The van der Waals surface area contributed by atoms with Crippen LogP contribution in [-0.4, -0.2) is 25.8 Å². The molecule has 1 atom stereocenters. The molecule has 0 N–H and O–H groups in total. The Balaban J connectivity index is 2.37. The molecular formula is C13H16BrF2NO. The van der Waals surface area contributed by atoms with E-state index in [1.54, 1.807) is 4.90 Å². The fraction of sp³-hybridized carbons (Fsp3) is 0.538. The molecule has 1 aliphatic rings. The van der Waals surface area contributed by atoms with Crippen LogP contribution in [0.3, 0.4) is 0 Å². The van der Waals surface area contributed by atoms with E-state index in [1.165, 1.54) is 12.1 Å². The maximum atomic E-state index is 14.0. The number of anilines is 1. The largest absolute Gasteiger partial charge is 0.377 e. The molecule has 18 heavy (non-hydrogen) atoms. The van der Waals surface area contributed by atoms with Crippen molar-refractivity contribution in [3.05, 3.63) is 29.3 Å². The highest BCUT2D eigenvalue weighted by molar-refractivity contribution is 9.08. The predicted octanol–water partition coefficient (Wildman–Crippen LogP) is 3.47. The lowest BCUT2D eigenvalue weighted by Crippen LogP contribution is -2.46. The first kappa shape index (κ1) is 13.7. The summed E-state index contributed by atoms with van der Waals surface area (Å²) in [5.74, 6) is -0.991. The molecule has 1 unspecified atom stereocenters. The van der Waals surface area contributed by atoms with Crippen molar-refractivity contribution in [1.82, 2.24) is 0 Å². The fourth-order valence-corrected chi connectivity index (χ4v) is 2.58. The summed E-state index contributed by atoms with van der Waals surface area (Å²) in [6, 6.07) is 2.81. The van der Waals surface area contributed by atoms with Crippen LogP contribution in [0.15, 0.2) is 12.1 Å². The maximum Gasteiger partial charge on any atom is 0.149 e. The van der Waals surface area contributed by atoms with E-state index in [4.69, 9.17) is 4.74 Å². The van der Waals surface area contributed by atoms with Crippen LogP contribution in [0.1, 0.15) is 18.9 Å². The van der Waals surface area contributed by atoms with Gasteiger partial charge in [-0.15, -0.1) is 0 Å². The Labute approximate surface area is 114 Å². The lowest BCUT2D eigenvalue weighted by Gasteiger charge is -2.37. The van der Waals surface area contributed by atoms with Crippen molar-refractivity contribution in [2.75, 3.05) is 24.7 Å². The molecule has 5 heteroatoms. The third-order valence-electron chi connectivity index (χ3n) is 3.22. The van der Waals surface area contributed by atoms with Crippen LogP contribution in [0.2, 0.25) is 0 Å². The van der Waals surface area contributed by atoms with Crippen molar-refractivity contribution in [3.8, 4) is 0 Å². The molecule has 1 fully saturated rings. The monoisotopic (exact) mass is 319 g/mol. The van der Waals surface area contributed by atoms with Crippen LogP contribution in [0.4, 0.5) is 14.5 Å². The molecule has 0 aromatic heterocycles. The second-order valence-electron chi connectivity index (χ2n) is 4.37. The molecule has 2 rings (SSSR count). The summed E-state index contributed by atoms with van der Waals surface area (Å²) in [6.07, 6.45) is 0.805. The zero-order valence-corrected chi connectivity index (χ0v) is 11.8. The Kier molecular flexibility index (Phi) is 4.56. The van der Waals surface area contributed by atoms with Gasteiger partial charge >= 0.3 is 0 Å². The summed E-state index contributed by atoms with van der Waals surface area (Å²) >= 11 is 3.20. The smallest absolute Gasteiger partial charge is 0.149 e. The van der Waals surface area contributed by atoms with Gasteiger partial charge in [-0.3, -0.25) is 0 Å². The van der Waals surface area contributed by atoms with Crippen molar-refractivity contribution in [2.24, 2.45) is 0 Å². The molecule has 0 aliphatic carbocycles. The zero-order valence-electron chi connectivity index (χ0n) is 10.3. The lowest BCUT2D eigenvalue weighted by atomic mass is 10.1. The minimum absolute atomic E-state index is 0.0394. The first-order valence-electron chi connectivity index (χ1n) is 6.05. The van der Waals surface area contributed by atoms with E-state index in [0.29, 0.717) is 30.7 Å². The summed E-state index contributed by atoms with van der Waals surface area (Å²) < 4.78 is 33.5. The highest BCUT2D eigenvalue weighted by Gasteiger charge is 2.26. The number of morpholine rings is 1. The van der Waals surface area contributed by atoms with Gasteiger partial charge < -0.3 is 9.64 Å². The van der Waals surface area contributed by atoms with Crippen LogP contribution in [0.5, 0.6) is 0 Å². The average Bonchev–Trinajstić information content (AvgIpc) is 2.38. The molecule has 1 aromatic rings. The molecule has 0 spiro atoms. The topological polar surface area (TPSA) is 12.5 Å². The minimum Gasteiger partial charge on any atom is -0.377 e. The van der Waals surface area contributed by atoms with Crippen LogP contribution < -0.4 is 4.90 Å². The molecule has 1 aliphatic heterocycles. The lowest BCUT2D eigenvalue weighted by molar-refractivity contribution is 0.0922. The molecule has 100 valence electrons. The SMILES string of the molecule is CCC1COCCN1c1c(F)cc(CBr)cc1F. The molecule has 0 radical (unpaired) electrons. The number of benzene rings is 1. The van der Waals surface area contributed by atoms with Crippen LogP contribution in [-0.2, 0) is 10.1 Å². The van der Waals surface area contributed by atoms with Crippen molar-refractivity contribution < 1.29 is 13.5 Å². The van der Waals surface area contributed by atoms with Gasteiger partial charge in [0.15, 0.2) is 0 Å². The molecule has 0 amide bonds. The third-order valence-corrected chi connectivity index (χ3v) is 3.86. The number of alkyl halides is 1.